The van der Waals surface area contributed by atoms with Crippen LogP contribution in [0.2, 0.25) is 0 Å². The van der Waals surface area contributed by atoms with Crippen LogP contribution in [0, 0.1) is 6.92 Å². The second kappa shape index (κ2) is 5.85. The van der Waals surface area contributed by atoms with E-state index in [-0.39, 0.29) is 0 Å². The first-order chi connectivity index (χ1) is 10.8. The van der Waals surface area contributed by atoms with Crippen molar-refractivity contribution in [1.29, 1.82) is 0 Å². The van der Waals surface area contributed by atoms with Crippen LogP contribution in [-0.4, -0.2) is 36.1 Å². The van der Waals surface area contributed by atoms with Crippen LogP contribution in [0.1, 0.15) is 12.1 Å². The van der Waals surface area contributed by atoms with E-state index < -0.39 is 0 Å². The zero-order valence-electron chi connectivity index (χ0n) is 12.5. The van der Waals surface area contributed by atoms with Crippen molar-refractivity contribution in [2.45, 2.75) is 13.3 Å². The molecule has 114 valence electrons. The van der Waals surface area contributed by atoms with E-state index >= 15 is 0 Å². The van der Waals surface area contributed by atoms with E-state index in [0.29, 0.717) is 0 Å². The summed E-state index contributed by atoms with van der Waals surface area (Å²) in [7, 11) is 0. The first-order valence-corrected chi connectivity index (χ1v) is 9.27. The lowest BCUT2D eigenvalue weighted by molar-refractivity contribution is 0.802. The number of para-hydroxylation sites is 1. The summed E-state index contributed by atoms with van der Waals surface area (Å²) >= 11 is 3.55. The number of anilines is 2. The summed E-state index contributed by atoms with van der Waals surface area (Å²) in [4.78, 5) is 14.2. The summed E-state index contributed by atoms with van der Waals surface area (Å²) in [6.07, 6.45) is 1.15. The molecule has 0 atom stereocenters. The Balaban J connectivity index is 1.52. The number of nitrogens with zero attached hydrogens (tertiary/aromatic N) is 4. The summed E-state index contributed by atoms with van der Waals surface area (Å²) in [6, 6.07) is 8.39. The second-order valence-corrected chi connectivity index (χ2v) is 7.41. The normalized spacial score (nSPS) is 16.2. The number of aryl methyl sites for hydroxylation is 1. The Labute approximate surface area is 138 Å². The number of fused-ring (bicyclic) bond motifs is 1. The summed E-state index contributed by atoms with van der Waals surface area (Å²) in [5.74, 6) is 0. The van der Waals surface area contributed by atoms with Crippen molar-refractivity contribution in [2.24, 2.45) is 0 Å². The van der Waals surface area contributed by atoms with Crippen LogP contribution in [-0.2, 0) is 0 Å². The van der Waals surface area contributed by atoms with Gasteiger partial charge in [0.05, 0.1) is 15.9 Å². The molecule has 0 spiro atoms. The van der Waals surface area contributed by atoms with Crippen molar-refractivity contribution in [3.05, 3.63) is 35.3 Å². The standard InChI is InChI=1S/C16H18N4S2/c1-12-11-21-15(17-12)19-7-4-8-20(10-9-19)16-18-13-5-2-3-6-14(13)22-16/h2-3,5-6,11H,4,7-10H2,1H3. The maximum absolute atomic E-state index is 4.79. The molecule has 3 heterocycles. The van der Waals surface area contributed by atoms with Crippen LogP contribution in [0.15, 0.2) is 29.6 Å². The third-order valence-corrected chi connectivity index (χ3v) is 6.04. The fourth-order valence-corrected chi connectivity index (χ4v) is 4.66. The van der Waals surface area contributed by atoms with Gasteiger partial charge in [-0.05, 0) is 25.5 Å². The van der Waals surface area contributed by atoms with Crippen molar-refractivity contribution in [1.82, 2.24) is 9.97 Å². The molecule has 6 heteroatoms. The molecule has 1 aromatic carbocycles. The van der Waals surface area contributed by atoms with Gasteiger partial charge in [-0.2, -0.15) is 0 Å². The first kappa shape index (κ1) is 14.0. The Morgan fingerprint density at radius 2 is 1.73 bits per heavy atom. The van der Waals surface area contributed by atoms with Gasteiger partial charge in [0.2, 0.25) is 0 Å². The predicted octanol–water partition coefficient (Wildman–Crippen LogP) is 3.78. The highest BCUT2D eigenvalue weighted by Gasteiger charge is 2.19. The largest absolute Gasteiger partial charge is 0.346 e. The highest BCUT2D eigenvalue weighted by atomic mass is 32.1. The number of hydrogen-bond acceptors (Lipinski definition) is 6. The van der Waals surface area contributed by atoms with Gasteiger partial charge in [-0.15, -0.1) is 11.3 Å². The molecular weight excluding hydrogens is 312 g/mol. The number of rotatable bonds is 2. The van der Waals surface area contributed by atoms with Crippen LogP contribution in [0.3, 0.4) is 0 Å². The highest BCUT2D eigenvalue weighted by Crippen LogP contribution is 2.30. The molecule has 0 amide bonds. The fraction of sp³-hybridized carbons (Fsp3) is 0.375. The minimum Gasteiger partial charge on any atom is -0.346 e. The van der Waals surface area contributed by atoms with Gasteiger partial charge >= 0.3 is 0 Å². The molecule has 1 aliphatic heterocycles. The Bertz CT molecular complexity index is 746. The molecule has 2 aromatic heterocycles. The molecule has 0 N–H and O–H groups in total. The Morgan fingerprint density at radius 1 is 0.955 bits per heavy atom. The minimum absolute atomic E-state index is 1.01. The van der Waals surface area contributed by atoms with E-state index in [1.807, 2.05) is 0 Å². The van der Waals surface area contributed by atoms with Gasteiger partial charge in [0.25, 0.3) is 0 Å². The van der Waals surface area contributed by atoms with E-state index in [0.717, 1.165) is 54.1 Å². The van der Waals surface area contributed by atoms with Gasteiger partial charge < -0.3 is 9.80 Å². The van der Waals surface area contributed by atoms with Crippen molar-refractivity contribution < 1.29 is 0 Å². The van der Waals surface area contributed by atoms with E-state index in [2.05, 4.69) is 51.4 Å². The summed E-state index contributed by atoms with van der Waals surface area (Å²) in [5.41, 5.74) is 2.23. The average Bonchev–Trinajstić information content (AvgIpc) is 3.07. The van der Waals surface area contributed by atoms with E-state index in [1.165, 1.54) is 4.70 Å². The molecule has 22 heavy (non-hydrogen) atoms. The van der Waals surface area contributed by atoms with Gasteiger partial charge in [0.1, 0.15) is 0 Å². The molecular formula is C16H18N4S2. The van der Waals surface area contributed by atoms with Crippen LogP contribution in [0.25, 0.3) is 10.2 Å². The van der Waals surface area contributed by atoms with E-state index in [4.69, 9.17) is 4.98 Å². The predicted molar refractivity (Wildman–Crippen MR) is 95.5 cm³/mol. The lowest BCUT2D eigenvalue weighted by Crippen LogP contribution is -2.30. The topological polar surface area (TPSA) is 32.3 Å². The minimum atomic E-state index is 1.01. The quantitative estimate of drug-likeness (QED) is 0.716. The van der Waals surface area contributed by atoms with Gasteiger partial charge in [-0.25, -0.2) is 9.97 Å². The number of benzene rings is 1. The maximum Gasteiger partial charge on any atom is 0.186 e. The number of hydrogen-bond donors (Lipinski definition) is 0. The van der Waals surface area contributed by atoms with Crippen molar-refractivity contribution in [2.75, 3.05) is 36.0 Å². The van der Waals surface area contributed by atoms with Crippen molar-refractivity contribution >= 4 is 43.2 Å². The summed E-state index contributed by atoms with van der Waals surface area (Å²) in [6.45, 7) is 6.24. The van der Waals surface area contributed by atoms with Crippen LogP contribution in [0.5, 0.6) is 0 Å². The van der Waals surface area contributed by atoms with Crippen LogP contribution in [0.4, 0.5) is 10.3 Å². The lowest BCUT2D eigenvalue weighted by atomic mass is 10.3. The Kier molecular flexibility index (Phi) is 3.72. The van der Waals surface area contributed by atoms with Gasteiger partial charge in [-0.1, -0.05) is 23.5 Å². The Morgan fingerprint density at radius 3 is 2.45 bits per heavy atom. The molecule has 0 saturated carbocycles. The molecule has 1 fully saturated rings. The molecule has 1 saturated heterocycles. The zero-order chi connectivity index (χ0) is 14.9. The summed E-state index contributed by atoms with van der Waals surface area (Å²) < 4.78 is 1.27. The SMILES string of the molecule is Cc1csc(N2CCCN(c3nc4ccccc4s3)CC2)n1. The summed E-state index contributed by atoms with van der Waals surface area (Å²) in [5, 5.41) is 4.44. The third-order valence-electron chi connectivity index (χ3n) is 3.93. The monoisotopic (exact) mass is 330 g/mol. The van der Waals surface area contributed by atoms with E-state index in [1.54, 1.807) is 22.7 Å². The molecule has 0 bridgehead atoms. The van der Waals surface area contributed by atoms with Gasteiger partial charge in [-0.3, -0.25) is 0 Å². The number of aromatic nitrogens is 2. The fourth-order valence-electron chi connectivity index (χ4n) is 2.78. The average molecular weight is 330 g/mol. The molecule has 4 nitrogen and oxygen atoms in total. The lowest BCUT2D eigenvalue weighted by Gasteiger charge is -2.20. The van der Waals surface area contributed by atoms with Gasteiger partial charge in [0.15, 0.2) is 10.3 Å². The molecule has 1 aliphatic rings. The van der Waals surface area contributed by atoms with Crippen LogP contribution < -0.4 is 9.80 Å². The van der Waals surface area contributed by atoms with Crippen molar-refractivity contribution in [3.63, 3.8) is 0 Å². The molecule has 0 aliphatic carbocycles. The Hall–Kier alpha value is -1.66. The van der Waals surface area contributed by atoms with Crippen LogP contribution >= 0.6 is 22.7 Å². The molecule has 0 radical (unpaired) electrons. The molecule has 0 unspecified atom stereocenters. The van der Waals surface area contributed by atoms with Crippen molar-refractivity contribution in [3.8, 4) is 0 Å². The highest BCUT2D eigenvalue weighted by molar-refractivity contribution is 7.22. The van der Waals surface area contributed by atoms with Gasteiger partial charge in [0, 0.05) is 31.6 Å². The smallest absolute Gasteiger partial charge is 0.186 e. The van der Waals surface area contributed by atoms with E-state index in [9.17, 15) is 0 Å². The maximum atomic E-state index is 4.79. The first-order valence-electron chi connectivity index (χ1n) is 7.57. The molecule has 4 rings (SSSR count). The second-order valence-electron chi connectivity index (χ2n) is 5.56. The third kappa shape index (κ3) is 2.68. The zero-order valence-corrected chi connectivity index (χ0v) is 14.2. The molecule has 3 aromatic rings. The number of thiazole rings is 2.